The molecule has 0 aliphatic carbocycles. The summed E-state index contributed by atoms with van der Waals surface area (Å²) in [6, 6.07) is 6.29. The van der Waals surface area contributed by atoms with E-state index in [2.05, 4.69) is 44.4 Å². The first-order valence-corrected chi connectivity index (χ1v) is 4.44. The van der Waals surface area contributed by atoms with Gasteiger partial charge in [-0.3, -0.25) is 0 Å². The van der Waals surface area contributed by atoms with E-state index < -0.39 is 0 Å². The Balaban J connectivity index is 0.000000424. The van der Waals surface area contributed by atoms with Crippen LogP contribution in [0.5, 0.6) is 0 Å². The van der Waals surface area contributed by atoms with E-state index in [4.69, 9.17) is 0 Å². The Hall–Kier alpha value is -1.30. The summed E-state index contributed by atoms with van der Waals surface area (Å²) >= 11 is 0. The molecule has 0 aromatic heterocycles. The summed E-state index contributed by atoms with van der Waals surface area (Å²) in [5, 5.41) is 2.34. The second-order valence-corrected chi connectivity index (χ2v) is 2.90. The van der Waals surface area contributed by atoms with Crippen molar-refractivity contribution in [1.82, 2.24) is 0 Å². The van der Waals surface area contributed by atoms with Crippen molar-refractivity contribution in [1.29, 1.82) is 0 Å². The predicted octanol–water partition coefficient (Wildman–Crippen LogP) is 2.40. The molecule has 0 nitrogen and oxygen atoms in total. The maximum atomic E-state index is 3.92. The van der Waals surface area contributed by atoms with Gasteiger partial charge in [0.25, 0.3) is 0 Å². The average molecular weight is 174 g/mol. The van der Waals surface area contributed by atoms with Crippen LogP contribution in [0.2, 0.25) is 0 Å². The summed E-state index contributed by atoms with van der Waals surface area (Å²) in [5.74, 6) is 0. The van der Waals surface area contributed by atoms with Crippen molar-refractivity contribution in [3.8, 4) is 0 Å². The van der Waals surface area contributed by atoms with E-state index in [1.54, 1.807) is 6.08 Å². The van der Waals surface area contributed by atoms with Crippen LogP contribution < -0.4 is 10.4 Å². The predicted molar refractivity (Wildman–Crippen MR) is 62.0 cm³/mol. The maximum Gasteiger partial charge on any atom is -0.0233 e. The highest BCUT2D eigenvalue weighted by atomic mass is 13.9. The van der Waals surface area contributed by atoms with Crippen LogP contribution >= 0.6 is 0 Å². The van der Waals surface area contributed by atoms with E-state index in [1.807, 2.05) is 13.8 Å². The maximum absolute atomic E-state index is 3.92. The molecule has 1 rings (SSSR count). The van der Waals surface area contributed by atoms with Crippen molar-refractivity contribution >= 4 is 12.7 Å². The first-order chi connectivity index (χ1) is 6.15. The topological polar surface area (TPSA) is 0 Å². The summed E-state index contributed by atoms with van der Waals surface area (Å²) in [7, 11) is 0. The normalized spacial score (nSPS) is 10.2. The molecule has 13 heavy (non-hydrogen) atoms. The van der Waals surface area contributed by atoms with Crippen molar-refractivity contribution in [2.75, 3.05) is 0 Å². The van der Waals surface area contributed by atoms with Gasteiger partial charge in [0.05, 0.1) is 0 Å². The van der Waals surface area contributed by atoms with E-state index in [-0.39, 0.29) is 0 Å². The Kier molecular flexibility index (Phi) is 5.62. The van der Waals surface area contributed by atoms with Crippen molar-refractivity contribution in [3.05, 3.63) is 46.9 Å². The first kappa shape index (κ1) is 11.7. The van der Waals surface area contributed by atoms with Gasteiger partial charge in [0.15, 0.2) is 0 Å². The summed E-state index contributed by atoms with van der Waals surface area (Å²) < 4.78 is 0. The third kappa shape index (κ3) is 4.32. The van der Waals surface area contributed by atoms with E-state index in [0.717, 1.165) is 5.22 Å². The summed E-state index contributed by atoms with van der Waals surface area (Å²) in [4.78, 5) is 0. The summed E-state index contributed by atoms with van der Waals surface area (Å²) in [5.41, 5.74) is 1.27. The van der Waals surface area contributed by atoms with Crippen LogP contribution in [-0.4, -0.2) is 0 Å². The minimum atomic E-state index is 1.11. The minimum absolute atomic E-state index is 1.11. The van der Waals surface area contributed by atoms with Gasteiger partial charge in [-0.25, -0.2) is 0 Å². The third-order valence-corrected chi connectivity index (χ3v) is 1.61. The molecule has 0 atom stereocenters. The van der Waals surface area contributed by atoms with Gasteiger partial charge in [0, 0.05) is 0 Å². The van der Waals surface area contributed by atoms with Crippen LogP contribution in [-0.2, 0) is 0 Å². The molecule has 0 N–H and O–H groups in total. The van der Waals surface area contributed by atoms with Crippen LogP contribution in [0.25, 0.3) is 12.7 Å². The summed E-state index contributed by atoms with van der Waals surface area (Å²) in [6.07, 6.45) is 3.82. The molecule has 70 valence electrons. The zero-order chi connectivity index (χ0) is 10.3. The zero-order valence-corrected chi connectivity index (χ0v) is 8.80. The monoisotopic (exact) mass is 174 g/mol. The highest BCUT2D eigenvalue weighted by molar-refractivity contribution is 5.27. The molecular weight excluding hydrogens is 156 g/mol. The number of hydrogen-bond donors (Lipinski definition) is 0. The minimum Gasteiger partial charge on any atom is -0.103 e. The lowest BCUT2D eigenvalue weighted by Crippen LogP contribution is -2.21. The van der Waals surface area contributed by atoms with Gasteiger partial charge in [-0.1, -0.05) is 42.5 Å². The van der Waals surface area contributed by atoms with Crippen LogP contribution in [0, 0.1) is 6.92 Å². The van der Waals surface area contributed by atoms with Crippen LogP contribution in [0.3, 0.4) is 0 Å². The second-order valence-electron chi connectivity index (χ2n) is 2.90. The van der Waals surface area contributed by atoms with Gasteiger partial charge in [0.1, 0.15) is 0 Å². The average Bonchev–Trinajstić information content (AvgIpc) is 2.06. The van der Waals surface area contributed by atoms with Crippen molar-refractivity contribution in [3.63, 3.8) is 0 Å². The van der Waals surface area contributed by atoms with E-state index in [9.17, 15) is 0 Å². The van der Waals surface area contributed by atoms with Crippen LogP contribution in [0.1, 0.15) is 19.4 Å². The van der Waals surface area contributed by atoms with Crippen LogP contribution in [0.4, 0.5) is 0 Å². The quantitative estimate of drug-likeness (QED) is 0.530. The largest absolute Gasteiger partial charge is 0.103 e. The SMILES string of the molecule is C=CC.C=c1cc(C)cc/c1=C/C. The standard InChI is InChI=1S/C10H12.C3H6/c1-4-10-6-5-8(2)7-9(10)3;1-3-2/h4-7H,3H2,1-2H3;3H,1H2,2H3/b10-4-;. The fourth-order valence-corrected chi connectivity index (χ4v) is 1.02. The lowest BCUT2D eigenvalue weighted by atomic mass is 10.2. The smallest absolute Gasteiger partial charge is 0.0233 e. The number of aryl methyl sites for hydroxylation is 1. The molecule has 0 heterocycles. The lowest BCUT2D eigenvalue weighted by Gasteiger charge is -1.90. The number of rotatable bonds is 0. The molecule has 0 saturated carbocycles. The Morgan fingerprint density at radius 2 is 1.77 bits per heavy atom. The highest BCUT2D eigenvalue weighted by Gasteiger charge is 1.81. The lowest BCUT2D eigenvalue weighted by molar-refractivity contribution is 1.40. The molecule has 1 aromatic carbocycles. The van der Waals surface area contributed by atoms with Gasteiger partial charge >= 0.3 is 0 Å². The highest BCUT2D eigenvalue weighted by Crippen LogP contribution is 1.84. The Labute approximate surface area is 80.9 Å². The van der Waals surface area contributed by atoms with Gasteiger partial charge < -0.3 is 0 Å². The molecular formula is C13H18. The molecule has 0 spiro atoms. The zero-order valence-electron chi connectivity index (χ0n) is 8.80. The molecule has 0 radical (unpaired) electrons. The second kappa shape index (κ2) is 6.24. The molecule has 0 amide bonds. The van der Waals surface area contributed by atoms with Crippen molar-refractivity contribution in [2.45, 2.75) is 20.8 Å². The Bertz CT molecular complexity index is 358. The first-order valence-electron chi connectivity index (χ1n) is 4.44. The van der Waals surface area contributed by atoms with Gasteiger partial charge in [-0.2, -0.15) is 0 Å². The molecule has 0 aliphatic rings. The van der Waals surface area contributed by atoms with E-state index in [0.29, 0.717) is 0 Å². The number of hydrogen-bond acceptors (Lipinski definition) is 0. The molecule has 0 saturated heterocycles. The number of benzene rings is 1. The molecule has 1 aromatic rings. The van der Waals surface area contributed by atoms with Gasteiger partial charge in [-0.15, -0.1) is 6.58 Å². The Morgan fingerprint density at radius 3 is 2.15 bits per heavy atom. The van der Waals surface area contributed by atoms with E-state index in [1.165, 1.54) is 10.8 Å². The fraction of sp³-hybridized carbons (Fsp3) is 0.231. The van der Waals surface area contributed by atoms with Crippen LogP contribution in [0.15, 0.2) is 30.9 Å². The van der Waals surface area contributed by atoms with E-state index >= 15 is 0 Å². The fourth-order valence-electron chi connectivity index (χ4n) is 1.02. The molecule has 0 fully saturated rings. The third-order valence-electron chi connectivity index (χ3n) is 1.61. The molecule has 0 bridgehead atoms. The van der Waals surface area contributed by atoms with Crippen molar-refractivity contribution < 1.29 is 0 Å². The number of allylic oxidation sites excluding steroid dienone is 1. The molecule has 0 heteroatoms. The van der Waals surface area contributed by atoms with Gasteiger partial charge in [-0.05, 0) is 31.2 Å². The molecule has 0 unspecified atom stereocenters. The van der Waals surface area contributed by atoms with Crippen molar-refractivity contribution in [2.24, 2.45) is 0 Å². The van der Waals surface area contributed by atoms with Gasteiger partial charge in [0.2, 0.25) is 0 Å². The molecule has 0 aliphatic heterocycles. The summed E-state index contributed by atoms with van der Waals surface area (Å²) in [6.45, 7) is 13.3. The Morgan fingerprint density at radius 1 is 1.23 bits per heavy atom.